The van der Waals surface area contributed by atoms with Gasteiger partial charge in [0.15, 0.2) is 0 Å². The number of aryl methyl sites for hydroxylation is 1. The van der Waals surface area contributed by atoms with E-state index in [4.69, 9.17) is 0 Å². The van der Waals surface area contributed by atoms with Crippen LogP contribution in [0.5, 0.6) is 0 Å². The maximum atomic E-state index is 12.3. The van der Waals surface area contributed by atoms with Crippen LogP contribution in [0.25, 0.3) is 0 Å². The van der Waals surface area contributed by atoms with Crippen molar-refractivity contribution in [3.63, 3.8) is 0 Å². The van der Waals surface area contributed by atoms with Crippen molar-refractivity contribution in [3.05, 3.63) is 69.4 Å². The number of rotatable bonds is 4. The van der Waals surface area contributed by atoms with Gasteiger partial charge in [0.1, 0.15) is 0 Å². The zero-order valence-corrected chi connectivity index (χ0v) is 13.8. The Morgan fingerprint density at radius 3 is 2.74 bits per heavy atom. The van der Waals surface area contributed by atoms with Crippen molar-refractivity contribution >= 4 is 23.2 Å². The van der Waals surface area contributed by atoms with E-state index in [9.17, 15) is 9.59 Å². The van der Waals surface area contributed by atoms with Crippen molar-refractivity contribution < 1.29 is 9.59 Å². The van der Waals surface area contributed by atoms with Gasteiger partial charge >= 0.3 is 0 Å². The predicted octanol–water partition coefficient (Wildman–Crippen LogP) is 3.01. The van der Waals surface area contributed by atoms with Crippen molar-refractivity contribution in [2.75, 3.05) is 0 Å². The molecule has 0 radical (unpaired) electrons. The fraction of sp³-hybridized carbons (Fsp3) is 0.222. The second-order valence-electron chi connectivity index (χ2n) is 5.58. The summed E-state index contributed by atoms with van der Waals surface area (Å²) < 4.78 is 0. The summed E-state index contributed by atoms with van der Waals surface area (Å²) in [7, 11) is 0. The number of hydrogen-bond acceptors (Lipinski definition) is 3. The fourth-order valence-corrected chi connectivity index (χ4v) is 3.50. The summed E-state index contributed by atoms with van der Waals surface area (Å²) in [6.07, 6.45) is 1.32. The highest BCUT2D eigenvalue weighted by molar-refractivity contribution is 7.11. The van der Waals surface area contributed by atoms with Crippen molar-refractivity contribution in [1.82, 2.24) is 10.2 Å². The number of nitrogens with one attached hydrogen (secondary N) is 1. The topological polar surface area (TPSA) is 49.4 Å². The minimum absolute atomic E-state index is 0.0831. The standard InChI is InChI=1S/C18H18N2O2S/c1-3-17(21)20-10-14-6-5-13(8-15(14)11-20)18(22)19-9-16-7-4-12(2)23-16/h3-8H,1,9-11H2,2H3,(H,19,22). The van der Waals surface area contributed by atoms with E-state index in [0.717, 1.165) is 16.0 Å². The van der Waals surface area contributed by atoms with Crippen LogP contribution < -0.4 is 5.32 Å². The lowest BCUT2D eigenvalue weighted by Gasteiger charge is -2.11. The van der Waals surface area contributed by atoms with Gasteiger partial charge in [-0.3, -0.25) is 9.59 Å². The smallest absolute Gasteiger partial charge is 0.251 e. The van der Waals surface area contributed by atoms with Crippen molar-refractivity contribution in [1.29, 1.82) is 0 Å². The highest BCUT2D eigenvalue weighted by Crippen LogP contribution is 2.24. The SMILES string of the molecule is C=CC(=O)N1Cc2ccc(C(=O)NCc3ccc(C)s3)cc2C1. The number of hydrogen-bond donors (Lipinski definition) is 1. The van der Waals surface area contributed by atoms with Crippen LogP contribution >= 0.6 is 11.3 Å². The first-order chi connectivity index (χ1) is 11.1. The molecular formula is C18H18N2O2S. The Morgan fingerprint density at radius 2 is 2.04 bits per heavy atom. The first kappa shape index (κ1) is 15.5. The molecule has 3 rings (SSSR count). The molecule has 0 unspecified atom stereocenters. The number of carbonyl (C=O) groups is 2. The van der Waals surface area contributed by atoms with Gasteiger partial charge in [0.25, 0.3) is 5.91 Å². The Kier molecular flexibility index (Phi) is 4.30. The van der Waals surface area contributed by atoms with Gasteiger partial charge in [-0.2, -0.15) is 0 Å². The molecule has 2 heterocycles. The molecule has 1 N–H and O–H groups in total. The molecule has 1 aliphatic heterocycles. The molecule has 1 aliphatic rings. The Labute approximate surface area is 139 Å². The summed E-state index contributed by atoms with van der Waals surface area (Å²) in [5.74, 6) is -0.174. The normalized spacial score (nSPS) is 12.8. The zero-order chi connectivity index (χ0) is 16.4. The third-order valence-corrected chi connectivity index (χ3v) is 4.90. The maximum absolute atomic E-state index is 12.3. The van der Waals surface area contributed by atoms with Crippen LogP contribution in [-0.4, -0.2) is 16.7 Å². The second-order valence-corrected chi connectivity index (χ2v) is 6.95. The van der Waals surface area contributed by atoms with Crippen LogP contribution in [0.4, 0.5) is 0 Å². The summed E-state index contributed by atoms with van der Waals surface area (Å²) in [5.41, 5.74) is 2.75. The fourth-order valence-electron chi connectivity index (χ4n) is 2.67. The summed E-state index contributed by atoms with van der Waals surface area (Å²) in [4.78, 5) is 28.1. The predicted molar refractivity (Wildman–Crippen MR) is 91.1 cm³/mol. The molecule has 0 saturated carbocycles. The van der Waals surface area contributed by atoms with Crippen LogP contribution in [0.15, 0.2) is 43.0 Å². The van der Waals surface area contributed by atoms with Crippen molar-refractivity contribution in [2.45, 2.75) is 26.6 Å². The molecule has 2 aromatic rings. The highest BCUT2D eigenvalue weighted by atomic mass is 32.1. The zero-order valence-electron chi connectivity index (χ0n) is 13.0. The lowest BCUT2D eigenvalue weighted by Crippen LogP contribution is -2.23. The lowest BCUT2D eigenvalue weighted by molar-refractivity contribution is -0.126. The maximum Gasteiger partial charge on any atom is 0.251 e. The largest absolute Gasteiger partial charge is 0.347 e. The number of amides is 2. The molecule has 118 valence electrons. The number of carbonyl (C=O) groups excluding carboxylic acids is 2. The monoisotopic (exact) mass is 326 g/mol. The Morgan fingerprint density at radius 1 is 1.26 bits per heavy atom. The lowest BCUT2D eigenvalue weighted by atomic mass is 10.1. The van der Waals surface area contributed by atoms with E-state index in [0.29, 0.717) is 25.2 Å². The third kappa shape index (κ3) is 3.35. The first-order valence-corrected chi connectivity index (χ1v) is 8.25. The minimum atomic E-state index is -0.0904. The van der Waals surface area contributed by atoms with Gasteiger partial charge in [-0.05, 0) is 48.4 Å². The van der Waals surface area contributed by atoms with E-state index in [2.05, 4.69) is 11.9 Å². The summed E-state index contributed by atoms with van der Waals surface area (Å²) in [6, 6.07) is 9.70. The summed E-state index contributed by atoms with van der Waals surface area (Å²) >= 11 is 1.68. The Bertz CT molecular complexity index is 779. The molecule has 2 amide bonds. The van der Waals surface area contributed by atoms with Gasteiger partial charge in [-0.25, -0.2) is 0 Å². The van der Waals surface area contributed by atoms with Gasteiger partial charge in [0, 0.05) is 28.4 Å². The van der Waals surface area contributed by atoms with Crippen LogP contribution in [0.1, 0.15) is 31.2 Å². The van der Waals surface area contributed by atoms with Gasteiger partial charge < -0.3 is 10.2 Å². The van der Waals surface area contributed by atoms with Crippen LogP contribution in [0.3, 0.4) is 0 Å². The van der Waals surface area contributed by atoms with Gasteiger partial charge in [-0.15, -0.1) is 11.3 Å². The highest BCUT2D eigenvalue weighted by Gasteiger charge is 2.22. The molecule has 5 heteroatoms. The molecule has 1 aromatic carbocycles. The van der Waals surface area contributed by atoms with Crippen molar-refractivity contribution in [2.24, 2.45) is 0 Å². The first-order valence-electron chi connectivity index (χ1n) is 7.43. The summed E-state index contributed by atoms with van der Waals surface area (Å²) in [5, 5.41) is 2.94. The van der Waals surface area contributed by atoms with E-state index in [-0.39, 0.29) is 11.8 Å². The molecule has 0 atom stereocenters. The second kappa shape index (κ2) is 6.38. The molecule has 1 aromatic heterocycles. The molecule has 0 aliphatic carbocycles. The van der Waals surface area contributed by atoms with Crippen molar-refractivity contribution in [3.8, 4) is 0 Å². The molecule has 0 spiro atoms. The van der Waals surface area contributed by atoms with E-state index in [1.54, 1.807) is 16.2 Å². The molecular weight excluding hydrogens is 308 g/mol. The van der Waals surface area contributed by atoms with E-state index in [1.807, 2.05) is 37.3 Å². The number of fused-ring (bicyclic) bond motifs is 1. The van der Waals surface area contributed by atoms with Gasteiger partial charge in [-0.1, -0.05) is 12.6 Å². The number of benzene rings is 1. The molecule has 0 saturated heterocycles. The third-order valence-electron chi connectivity index (χ3n) is 3.90. The van der Waals surface area contributed by atoms with E-state index < -0.39 is 0 Å². The number of nitrogens with zero attached hydrogens (tertiary/aromatic N) is 1. The average molecular weight is 326 g/mol. The Balaban J connectivity index is 1.67. The molecule has 0 bridgehead atoms. The number of thiophene rings is 1. The van der Waals surface area contributed by atoms with Crippen LogP contribution in [0, 0.1) is 6.92 Å². The minimum Gasteiger partial charge on any atom is -0.347 e. The molecule has 0 fully saturated rings. The molecule has 23 heavy (non-hydrogen) atoms. The van der Waals surface area contributed by atoms with E-state index in [1.165, 1.54) is 11.0 Å². The quantitative estimate of drug-likeness (QED) is 0.878. The van der Waals surface area contributed by atoms with Crippen LogP contribution in [0.2, 0.25) is 0 Å². The van der Waals surface area contributed by atoms with Gasteiger partial charge in [0.05, 0.1) is 6.54 Å². The van der Waals surface area contributed by atoms with E-state index >= 15 is 0 Å². The summed E-state index contributed by atoms with van der Waals surface area (Å²) in [6.45, 7) is 7.21. The van der Waals surface area contributed by atoms with Gasteiger partial charge in [0.2, 0.25) is 5.91 Å². The molecule has 4 nitrogen and oxygen atoms in total. The average Bonchev–Trinajstić information content (AvgIpc) is 3.16. The Hall–Kier alpha value is -2.40. The van der Waals surface area contributed by atoms with Crippen LogP contribution in [-0.2, 0) is 24.4 Å².